The molecule has 0 aliphatic carbocycles. The van der Waals surface area contributed by atoms with Crippen LogP contribution in [-0.4, -0.2) is 29.4 Å². The number of amides is 2. The number of para-hydroxylation sites is 1. The molecule has 6 heteroatoms. The zero-order valence-electron chi connectivity index (χ0n) is 11.2. The van der Waals surface area contributed by atoms with Gasteiger partial charge in [-0.1, -0.05) is 18.2 Å². The van der Waals surface area contributed by atoms with Gasteiger partial charge in [-0.05, 0) is 37.1 Å². The molecule has 0 spiro atoms. The Labute approximate surface area is 122 Å². The number of carbonyl (C=O) groups excluding carboxylic acids is 1. The van der Waals surface area contributed by atoms with Gasteiger partial charge in [0, 0.05) is 5.25 Å². The Kier molecular flexibility index (Phi) is 5.73. The van der Waals surface area contributed by atoms with Gasteiger partial charge in [0.15, 0.2) is 0 Å². The van der Waals surface area contributed by atoms with Gasteiger partial charge in [-0.25, -0.2) is 10.2 Å². The number of benzene rings is 1. The van der Waals surface area contributed by atoms with E-state index >= 15 is 0 Å². The Balaban J connectivity index is 1.70. The highest BCUT2D eigenvalue weighted by Crippen LogP contribution is 2.27. The Hall–Kier alpha value is -1.69. The number of urea groups is 1. The van der Waals surface area contributed by atoms with Crippen molar-refractivity contribution in [3.05, 3.63) is 30.3 Å². The molecule has 1 aliphatic heterocycles. The Morgan fingerprint density at radius 3 is 3.00 bits per heavy atom. The van der Waals surface area contributed by atoms with Gasteiger partial charge in [-0.3, -0.25) is 0 Å². The summed E-state index contributed by atoms with van der Waals surface area (Å²) in [6, 6.07) is 9.18. The molecule has 2 rings (SSSR count). The van der Waals surface area contributed by atoms with E-state index in [0.29, 0.717) is 11.9 Å². The van der Waals surface area contributed by atoms with Gasteiger partial charge in [0.25, 0.3) is 0 Å². The third-order valence-electron chi connectivity index (χ3n) is 2.98. The van der Waals surface area contributed by atoms with E-state index in [1.54, 1.807) is 0 Å². The number of nitrogens with zero attached hydrogens (tertiary/aromatic N) is 1. The van der Waals surface area contributed by atoms with Crippen LogP contribution in [0.1, 0.15) is 19.3 Å². The highest BCUT2D eigenvalue weighted by atomic mass is 32.2. The normalized spacial score (nSPS) is 20.0. The Morgan fingerprint density at radius 2 is 2.25 bits per heavy atom. The second-order valence-electron chi connectivity index (χ2n) is 4.49. The number of hydrazone groups is 1. The largest absolute Gasteiger partial charge is 0.494 e. The summed E-state index contributed by atoms with van der Waals surface area (Å²) in [6.07, 6.45) is 2.87. The molecule has 5 nitrogen and oxygen atoms in total. The molecule has 2 amide bonds. The summed E-state index contributed by atoms with van der Waals surface area (Å²) in [5.41, 5.74) is 8.36. The predicted molar refractivity (Wildman–Crippen MR) is 82.2 cm³/mol. The van der Waals surface area contributed by atoms with Crippen LogP contribution in [0.3, 0.4) is 0 Å². The lowest BCUT2D eigenvalue weighted by Crippen LogP contribution is -2.27. The van der Waals surface area contributed by atoms with E-state index in [2.05, 4.69) is 10.5 Å². The molecular weight excluding hydrogens is 274 g/mol. The van der Waals surface area contributed by atoms with E-state index in [4.69, 9.17) is 10.5 Å². The van der Waals surface area contributed by atoms with Crippen molar-refractivity contribution < 1.29 is 9.53 Å². The van der Waals surface area contributed by atoms with Gasteiger partial charge in [0.05, 0.1) is 12.3 Å². The SMILES string of the molecule is NC(=O)N/N=C1\CCSC1CCCOc1ccccc1. The lowest BCUT2D eigenvalue weighted by atomic mass is 10.1. The van der Waals surface area contributed by atoms with Gasteiger partial charge in [-0.2, -0.15) is 16.9 Å². The van der Waals surface area contributed by atoms with Crippen LogP contribution >= 0.6 is 11.8 Å². The molecule has 1 unspecified atom stereocenters. The summed E-state index contributed by atoms with van der Waals surface area (Å²) in [4.78, 5) is 10.7. The number of thioether (sulfide) groups is 1. The number of hydrogen-bond acceptors (Lipinski definition) is 4. The summed E-state index contributed by atoms with van der Waals surface area (Å²) in [5.74, 6) is 1.94. The number of ether oxygens (including phenoxy) is 1. The molecule has 20 heavy (non-hydrogen) atoms. The molecule has 0 aromatic heterocycles. The number of nitrogens with one attached hydrogen (secondary N) is 1. The number of hydrogen-bond donors (Lipinski definition) is 2. The van der Waals surface area contributed by atoms with E-state index < -0.39 is 6.03 Å². The minimum atomic E-state index is -0.611. The smallest absolute Gasteiger partial charge is 0.332 e. The number of primary amides is 1. The topological polar surface area (TPSA) is 76.7 Å². The maximum Gasteiger partial charge on any atom is 0.332 e. The lowest BCUT2D eigenvalue weighted by Gasteiger charge is -2.11. The van der Waals surface area contributed by atoms with E-state index in [9.17, 15) is 4.79 Å². The van der Waals surface area contributed by atoms with Crippen molar-refractivity contribution in [1.29, 1.82) is 0 Å². The van der Waals surface area contributed by atoms with Crippen molar-refractivity contribution in [2.24, 2.45) is 10.8 Å². The van der Waals surface area contributed by atoms with Crippen molar-refractivity contribution in [2.45, 2.75) is 24.5 Å². The summed E-state index contributed by atoms with van der Waals surface area (Å²) >= 11 is 1.87. The fraction of sp³-hybridized carbons (Fsp3) is 0.429. The molecule has 1 fully saturated rings. The lowest BCUT2D eigenvalue weighted by molar-refractivity contribution is 0.249. The molecule has 3 N–H and O–H groups in total. The minimum absolute atomic E-state index is 0.362. The molecule has 0 bridgehead atoms. The first-order chi connectivity index (χ1) is 9.75. The van der Waals surface area contributed by atoms with E-state index in [-0.39, 0.29) is 0 Å². The molecule has 1 aromatic rings. The van der Waals surface area contributed by atoms with Gasteiger partial charge in [0.1, 0.15) is 5.75 Å². The molecule has 1 aromatic carbocycles. The van der Waals surface area contributed by atoms with Crippen LogP contribution in [-0.2, 0) is 0 Å². The first-order valence-corrected chi connectivity index (χ1v) is 7.72. The van der Waals surface area contributed by atoms with Gasteiger partial charge >= 0.3 is 6.03 Å². The quantitative estimate of drug-likeness (QED) is 0.624. The predicted octanol–water partition coefficient (Wildman–Crippen LogP) is 2.38. The van der Waals surface area contributed by atoms with Crippen LogP contribution in [0.5, 0.6) is 5.75 Å². The number of carbonyl (C=O) groups is 1. The molecule has 1 saturated heterocycles. The molecule has 108 valence electrons. The van der Waals surface area contributed by atoms with E-state index in [1.165, 1.54) is 0 Å². The van der Waals surface area contributed by atoms with Crippen LogP contribution in [0, 0.1) is 0 Å². The van der Waals surface area contributed by atoms with E-state index in [0.717, 1.165) is 36.5 Å². The Bertz CT molecular complexity index is 465. The zero-order chi connectivity index (χ0) is 14.2. The van der Waals surface area contributed by atoms with Gasteiger partial charge in [0.2, 0.25) is 0 Å². The molecule has 1 atom stereocenters. The molecule has 0 saturated carbocycles. The maximum atomic E-state index is 10.7. The third-order valence-corrected chi connectivity index (χ3v) is 4.33. The first-order valence-electron chi connectivity index (χ1n) is 6.67. The fourth-order valence-electron chi connectivity index (χ4n) is 2.04. The summed E-state index contributed by atoms with van der Waals surface area (Å²) < 4.78 is 5.66. The summed E-state index contributed by atoms with van der Waals surface area (Å²) in [6.45, 7) is 0.692. The highest BCUT2D eigenvalue weighted by molar-refractivity contribution is 8.01. The molecule has 1 aliphatic rings. The van der Waals surface area contributed by atoms with Crippen molar-refractivity contribution in [3.8, 4) is 5.75 Å². The molecule has 1 heterocycles. The average molecular weight is 293 g/mol. The third kappa shape index (κ3) is 4.77. The zero-order valence-corrected chi connectivity index (χ0v) is 12.1. The van der Waals surface area contributed by atoms with Crippen molar-refractivity contribution >= 4 is 23.5 Å². The second-order valence-corrected chi connectivity index (χ2v) is 5.80. The summed E-state index contributed by atoms with van der Waals surface area (Å²) in [7, 11) is 0. The van der Waals surface area contributed by atoms with Crippen LogP contribution in [0.4, 0.5) is 4.79 Å². The second kappa shape index (κ2) is 7.79. The standard InChI is InChI=1S/C14H19N3O2S/c15-14(18)17-16-12-8-10-20-13(12)7-4-9-19-11-5-2-1-3-6-11/h1-3,5-6,13H,4,7-10H2,(H3,15,17,18)/b16-12+. The monoisotopic (exact) mass is 293 g/mol. The molecule has 0 radical (unpaired) electrons. The first kappa shape index (κ1) is 14.7. The average Bonchev–Trinajstić information content (AvgIpc) is 2.90. The molecular formula is C14H19N3O2S. The van der Waals surface area contributed by atoms with Crippen LogP contribution in [0.2, 0.25) is 0 Å². The van der Waals surface area contributed by atoms with Crippen LogP contribution in [0.15, 0.2) is 35.4 Å². The number of rotatable bonds is 6. The van der Waals surface area contributed by atoms with Gasteiger partial charge < -0.3 is 10.5 Å². The highest BCUT2D eigenvalue weighted by Gasteiger charge is 2.23. The minimum Gasteiger partial charge on any atom is -0.494 e. The Morgan fingerprint density at radius 1 is 1.45 bits per heavy atom. The van der Waals surface area contributed by atoms with Crippen molar-refractivity contribution in [3.63, 3.8) is 0 Å². The van der Waals surface area contributed by atoms with E-state index in [1.807, 2.05) is 42.1 Å². The summed E-state index contributed by atoms with van der Waals surface area (Å²) in [5, 5.41) is 4.43. The van der Waals surface area contributed by atoms with Crippen LogP contribution in [0.25, 0.3) is 0 Å². The van der Waals surface area contributed by atoms with Crippen LogP contribution < -0.4 is 15.9 Å². The van der Waals surface area contributed by atoms with Gasteiger partial charge in [-0.15, -0.1) is 0 Å². The fourth-order valence-corrected chi connectivity index (χ4v) is 3.35. The van der Waals surface area contributed by atoms with Crippen molar-refractivity contribution in [2.75, 3.05) is 12.4 Å². The van der Waals surface area contributed by atoms with Crippen molar-refractivity contribution in [1.82, 2.24) is 5.43 Å². The number of nitrogens with two attached hydrogens (primary N) is 1. The maximum absolute atomic E-state index is 10.7.